The van der Waals surface area contributed by atoms with Crippen LogP contribution in [0, 0.1) is 0 Å². The Hall–Kier alpha value is -2.03. The first-order valence-electron chi connectivity index (χ1n) is 5.12. The van der Waals surface area contributed by atoms with Crippen molar-refractivity contribution in [3.63, 3.8) is 0 Å². The van der Waals surface area contributed by atoms with Gasteiger partial charge in [-0.25, -0.2) is 0 Å². The molecule has 2 aromatic rings. The highest BCUT2D eigenvalue weighted by Gasteiger charge is 2.05. The number of benzene rings is 2. The molecule has 0 saturated carbocycles. The average Bonchev–Trinajstić information content (AvgIpc) is 2.28. The van der Waals surface area contributed by atoms with E-state index in [1.807, 2.05) is 30.3 Å². The van der Waals surface area contributed by atoms with Crippen molar-refractivity contribution in [3.05, 3.63) is 36.4 Å². The van der Waals surface area contributed by atoms with Gasteiger partial charge in [-0.3, -0.25) is 4.79 Å². The number of carbonyl (C=O) groups excluding carboxylic acids is 1. The van der Waals surface area contributed by atoms with Gasteiger partial charge in [0.15, 0.2) is 0 Å². The monoisotopic (exact) mass is 215 g/mol. The second-order valence-corrected chi connectivity index (χ2v) is 3.74. The van der Waals surface area contributed by atoms with E-state index in [1.54, 1.807) is 6.07 Å². The van der Waals surface area contributed by atoms with E-state index in [0.717, 1.165) is 10.8 Å². The quantitative estimate of drug-likeness (QED) is 0.773. The summed E-state index contributed by atoms with van der Waals surface area (Å²) in [4.78, 5) is 10.8. The Labute approximate surface area is 93.7 Å². The lowest BCUT2D eigenvalue weighted by molar-refractivity contribution is -0.115. The molecule has 82 valence electrons. The zero-order valence-electron chi connectivity index (χ0n) is 9.03. The van der Waals surface area contributed by atoms with E-state index in [2.05, 4.69) is 5.32 Å². The minimum atomic E-state index is 0.0348. The van der Waals surface area contributed by atoms with Gasteiger partial charge in [-0.05, 0) is 18.4 Å². The topological polar surface area (TPSA) is 49.3 Å². The third-order valence-corrected chi connectivity index (χ3v) is 2.43. The van der Waals surface area contributed by atoms with Crippen LogP contribution in [0.5, 0.6) is 5.75 Å². The number of nitrogens with one attached hydrogen (secondary N) is 1. The number of ketones is 1. The molecule has 0 heterocycles. The second kappa shape index (κ2) is 4.23. The van der Waals surface area contributed by atoms with Crippen LogP contribution in [-0.2, 0) is 4.79 Å². The molecule has 2 rings (SSSR count). The Morgan fingerprint density at radius 1 is 1.25 bits per heavy atom. The predicted molar refractivity (Wildman–Crippen MR) is 64.8 cm³/mol. The Kier molecular flexibility index (Phi) is 2.77. The fourth-order valence-corrected chi connectivity index (χ4v) is 1.62. The van der Waals surface area contributed by atoms with Gasteiger partial charge in [0, 0.05) is 5.39 Å². The van der Waals surface area contributed by atoms with Crippen molar-refractivity contribution in [1.29, 1.82) is 0 Å². The molecule has 0 unspecified atom stereocenters. The third kappa shape index (κ3) is 1.98. The summed E-state index contributed by atoms with van der Waals surface area (Å²) in [5, 5.41) is 14.7. The van der Waals surface area contributed by atoms with Crippen LogP contribution in [0.15, 0.2) is 36.4 Å². The van der Waals surface area contributed by atoms with Crippen molar-refractivity contribution < 1.29 is 9.90 Å². The first-order chi connectivity index (χ1) is 7.68. The summed E-state index contributed by atoms with van der Waals surface area (Å²) in [6.45, 7) is 1.73. The van der Waals surface area contributed by atoms with Crippen molar-refractivity contribution >= 4 is 22.2 Å². The third-order valence-electron chi connectivity index (χ3n) is 2.43. The molecule has 0 bridgehead atoms. The Bertz CT molecular complexity index is 534. The Balaban J connectivity index is 2.40. The van der Waals surface area contributed by atoms with Gasteiger partial charge in [-0.1, -0.05) is 30.3 Å². The Morgan fingerprint density at radius 3 is 2.75 bits per heavy atom. The molecule has 2 N–H and O–H groups in total. The normalized spacial score (nSPS) is 10.3. The van der Waals surface area contributed by atoms with E-state index >= 15 is 0 Å². The van der Waals surface area contributed by atoms with Crippen molar-refractivity contribution in [3.8, 4) is 5.75 Å². The van der Waals surface area contributed by atoms with Gasteiger partial charge in [-0.15, -0.1) is 0 Å². The number of hydrogen-bond donors (Lipinski definition) is 2. The van der Waals surface area contributed by atoms with E-state index in [0.29, 0.717) is 5.69 Å². The highest BCUT2D eigenvalue weighted by Crippen LogP contribution is 2.32. The van der Waals surface area contributed by atoms with Gasteiger partial charge in [0.2, 0.25) is 0 Å². The average molecular weight is 215 g/mol. The van der Waals surface area contributed by atoms with E-state index in [1.165, 1.54) is 6.92 Å². The number of anilines is 1. The van der Waals surface area contributed by atoms with Crippen molar-refractivity contribution in [2.45, 2.75) is 6.92 Å². The maximum Gasteiger partial charge on any atom is 0.148 e. The first-order valence-corrected chi connectivity index (χ1v) is 5.12. The summed E-state index contributed by atoms with van der Waals surface area (Å²) in [6.07, 6.45) is 0. The number of phenolic OH excluding ortho intramolecular Hbond substituents is 1. The lowest BCUT2D eigenvalue weighted by atomic mass is 10.1. The molecule has 3 nitrogen and oxygen atoms in total. The highest BCUT2D eigenvalue weighted by molar-refractivity contribution is 5.93. The highest BCUT2D eigenvalue weighted by atomic mass is 16.3. The predicted octanol–water partition coefficient (Wildman–Crippen LogP) is 2.55. The number of hydrogen-bond acceptors (Lipinski definition) is 3. The standard InChI is InChI=1S/C13H13NO2/c1-9(15)8-14-12-7-6-10-4-2-3-5-11(10)13(12)16/h2-7,14,16H,8H2,1H3. The summed E-state index contributed by atoms with van der Waals surface area (Å²) in [5.74, 6) is 0.229. The molecule has 0 aliphatic carbocycles. The smallest absolute Gasteiger partial charge is 0.148 e. The molecule has 0 atom stereocenters. The first kappa shape index (κ1) is 10.5. The van der Waals surface area contributed by atoms with Crippen LogP contribution in [-0.4, -0.2) is 17.4 Å². The Morgan fingerprint density at radius 2 is 2.00 bits per heavy atom. The second-order valence-electron chi connectivity index (χ2n) is 3.74. The molecular formula is C13H13NO2. The van der Waals surface area contributed by atoms with Crippen molar-refractivity contribution in [2.24, 2.45) is 0 Å². The molecule has 0 aliphatic rings. The fourth-order valence-electron chi connectivity index (χ4n) is 1.62. The van der Waals surface area contributed by atoms with Crippen LogP contribution in [0.1, 0.15) is 6.92 Å². The molecule has 0 aromatic heterocycles. The van der Waals surface area contributed by atoms with Gasteiger partial charge in [-0.2, -0.15) is 0 Å². The van der Waals surface area contributed by atoms with Crippen LogP contribution in [0.2, 0.25) is 0 Å². The van der Waals surface area contributed by atoms with Crippen LogP contribution >= 0.6 is 0 Å². The molecule has 0 fully saturated rings. The summed E-state index contributed by atoms with van der Waals surface area (Å²) < 4.78 is 0. The van der Waals surface area contributed by atoms with Gasteiger partial charge in [0.1, 0.15) is 11.5 Å². The summed E-state index contributed by atoms with van der Waals surface area (Å²) >= 11 is 0. The van der Waals surface area contributed by atoms with Crippen LogP contribution < -0.4 is 5.32 Å². The minimum absolute atomic E-state index is 0.0348. The van der Waals surface area contributed by atoms with Crippen molar-refractivity contribution in [1.82, 2.24) is 0 Å². The number of phenols is 1. The van der Waals surface area contributed by atoms with Gasteiger partial charge in [0.05, 0.1) is 12.2 Å². The van der Waals surface area contributed by atoms with Crippen LogP contribution in [0.4, 0.5) is 5.69 Å². The number of aromatic hydroxyl groups is 1. The molecule has 16 heavy (non-hydrogen) atoms. The molecule has 3 heteroatoms. The molecule has 0 saturated heterocycles. The molecule has 0 radical (unpaired) electrons. The van der Waals surface area contributed by atoms with Crippen LogP contribution in [0.3, 0.4) is 0 Å². The molecule has 2 aromatic carbocycles. The molecule has 0 spiro atoms. The molecular weight excluding hydrogens is 202 g/mol. The molecule has 0 amide bonds. The SMILES string of the molecule is CC(=O)CNc1ccc2ccccc2c1O. The number of rotatable bonds is 3. The maximum absolute atomic E-state index is 10.8. The van der Waals surface area contributed by atoms with Gasteiger partial charge in [0.25, 0.3) is 0 Å². The van der Waals surface area contributed by atoms with Crippen LogP contribution in [0.25, 0.3) is 10.8 Å². The van der Waals surface area contributed by atoms with Gasteiger partial charge < -0.3 is 10.4 Å². The van der Waals surface area contributed by atoms with Crippen molar-refractivity contribution in [2.75, 3.05) is 11.9 Å². The lowest BCUT2D eigenvalue weighted by Crippen LogP contribution is -2.09. The maximum atomic E-state index is 10.8. The lowest BCUT2D eigenvalue weighted by Gasteiger charge is -2.09. The zero-order chi connectivity index (χ0) is 11.5. The zero-order valence-corrected chi connectivity index (χ0v) is 9.03. The summed E-state index contributed by atoms with van der Waals surface area (Å²) in [6, 6.07) is 11.3. The fraction of sp³-hybridized carbons (Fsp3) is 0.154. The van der Waals surface area contributed by atoms with Gasteiger partial charge >= 0.3 is 0 Å². The largest absolute Gasteiger partial charge is 0.505 e. The molecule has 0 aliphatic heterocycles. The summed E-state index contributed by atoms with van der Waals surface area (Å²) in [5.41, 5.74) is 0.592. The van der Waals surface area contributed by atoms with E-state index in [4.69, 9.17) is 0 Å². The van der Waals surface area contributed by atoms with E-state index < -0.39 is 0 Å². The van der Waals surface area contributed by atoms with E-state index in [-0.39, 0.29) is 18.1 Å². The number of Topliss-reactive ketones (excluding diaryl/α,β-unsaturated/α-hetero) is 1. The number of fused-ring (bicyclic) bond motifs is 1. The van der Waals surface area contributed by atoms with E-state index in [9.17, 15) is 9.90 Å². The minimum Gasteiger partial charge on any atom is -0.505 e. The summed E-state index contributed by atoms with van der Waals surface area (Å²) in [7, 11) is 0. The number of carbonyl (C=O) groups is 1.